The Morgan fingerprint density at radius 3 is 2.32 bits per heavy atom. The number of carboxylic acid groups (broad SMARTS) is 1. The molecule has 0 saturated heterocycles. The van der Waals surface area contributed by atoms with Crippen molar-refractivity contribution in [1.82, 2.24) is 5.32 Å². The molecule has 2 aliphatic rings. The second kappa shape index (κ2) is 5.93. The lowest BCUT2D eigenvalue weighted by Crippen LogP contribution is -2.45. The molecule has 108 valence electrons. The molecule has 1 amide bonds. The Balaban J connectivity index is 1.96. The fourth-order valence-corrected chi connectivity index (χ4v) is 3.67. The van der Waals surface area contributed by atoms with Crippen LogP contribution in [-0.2, 0) is 9.59 Å². The molecule has 0 radical (unpaired) electrons. The molecule has 2 N–H and O–H groups in total. The Morgan fingerprint density at radius 1 is 1.05 bits per heavy atom. The van der Waals surface area contributed by atoms with Crippen molar-refractivity contribution >= 4 is 11.9 Å². The van der Waals surface area contributed by atoms with Gasteiger partial charge < -0.3 is 10.4 Å². The minimum Gasteiger partial charge on any atom is -0.481 e. The van der Waals surface area contributed by atoms with E-state index in [2.05, 4.69) is 12.2 Å². The maximum absolute atomic E-state index is 12.3. The molecule has 5 atom stereocenters. The van der Waals surface area contributed by atoms with Crippen molar-refractivity contribution < 1.29 is 14.7 Å². The summed E-state index contributed by atoms with van der Waals surface area (Å²) in [5.74, 6) is -0.826. The molecule has 5 unspecified atom stereocenters. The van der Waals surface area contributed by atoms with Crippen molar-refractivity contribution in [2.75, 3.05) is 0 Å². The molecule has 0 aromatic heterocycles. The van der Waals surface area contributed by atoms with Crippen LogP contribution in [0.2, 0.25) is 0 Å². The van der Waals surface area contributed by atoms with Crippen LogP contribution in [0.3, 0.4) is 0 Å². The van der Waals surface area contributed by atoms with E-state index in [1.54, 1.807) is 0 Å². The van der Waals surface area contributed by atoms with Gasteiger partial charge in [-0.05, 0) is 37.5 Å². The summed E-state index contributed by atoms with van der Waals surface area (Å²) in [6.45, 7) is 4.21. The van der Waals surface area contributed by atoms with Crippen LogP contribution in [-0.4, -0.2) is 23.0 Å². The zero-order chi connectivity index (χ0) is 14.0. The van der Waals surface area contributed by atoms with E-state index in [-0.39, 0.29) is 17.9 Å². The summed E-state index contributed by atoms with van der Waals surface area (Å²) in [5.41, 5.74) is 0. The van der Waals surface area contributed by atoms with Gasteiger partial charge in [-0.25, -0.2) is 0 Å². The minimum atomic E-state index is -0.818. The molecule has 4 heteroatoms. The third-order valence-corrected chi connectivity index (χ3v) is 4.89. The smallest absolute Gasteiger partial charge is 0.307 e. The van der Waals surface area contributed by atoms with Gasteiger partial charge in [0.05, 0.1) is 11.8 Å². The van der Waals surface area contributed by atoms with Crippen molar-refractivity contribution in [2.45, 2.75) is 58.4 Å². The summed E-state index contributed by atoms with van der Waals surface area (Å²) in [6.07, 6.45) is 5.95. The third-order valence-electron chi connectivity index (χ3n) is 4.89. The van der Waals surface area contributed by atoms with Crippen LogP contribution >= 0.6 is 0 Å². The van der Waals surface area contributed by atoms with Crippen LogP contribution in [0.25, 0.3) is 0 Å². The maximum atomic E-state index is 12.3. The maximum Gasteiger partial charge on any atom is 0.307 e. The highest BCUT2D eigenvalue weighted by atomic mass is 16.4. The third kappa shape index (κ3) is 3.28. The molecule has 0 bridgehead atoms. The van der Waals surface area contributed by atoms with E-state index in [9.17, 15) is 14.7 Å². The van der Waals surface area contributed by atoms with Crippen LogP contribution in [0.1, 0.15) is 52.4 Å². The zero-order valence-corrected chi connectivity index (χ0v) is 11.9. The van der Waals surface area contributed by atoms with Gasteiger partial charge in [0.25, 0.3) is 0 Å². The zero-order valence-electron chi connectivity index (χ0n) is 11.9. The number of nitrogens with one attached hydrogen (secondary N) is 1. The SMILES string of the molecule is CC1CC(C(=O)O)C(C(=O)NC2CCCCC2C)C1. The van der Waals surface area contributed by atoms with Crippen molar-refractivity contribution in [3.63, 3.8) is 0 Å². The first-order chi connectivity index (χ1) is 8.99. The number of hydrogen-bond donors (Lipinski definition) is 2. The van der Waals surface area contributed by atoms with Gasteiger partial charge >= 0.3 is 5.97 Å². The summed E-state index contributed by atoms with van der Waals surface area (Å²) in [7, 11) is 0. The van der Waals surface area contributed by atoms with E-state index < -0.39 is 11.9 Å². The Labute approximate surface area is 115 Å². The van der Waals surface area contributed by atoms with Gasteiger partial charge in [-0.2, -0.15) is 0 Å². The van der Waals surface area contributed by atoms with Gasteiger partial charge in [0.15, 0.2) is 0 Å². The molecule has 0 aliphatic heterocycles. The van der Waals surface area contributed by atoms with Crippen LogP contribution in [0.5, 0.6) is 0 Å². The first kappa shape index (κ1) is 14.4. The molecule has 0 spiro atoms. The largest absolute Gasteiger partial charge is 0.481 e. The fourth-order valence-electron chi connectivity index (χ4n) is 3.67. The molecule has 4 nitrogen and oxygen atoms in total. The average Bonchev–Trinajstić information content (AvgIpc) is 2.74. The van der Waals surface area contributed by atoms with Crippen molar-refractivity contribution in [3.05, 3.63) is 0 Å². The topological polar surface area (TPSA) is 66.4 Å². The van der Waals surface area contributed by atoms with E-state index in [0.717, 1.165) is 12.8 Å². The normalized spacial score (nSPS) is 38.9. The van der Waals surface area contributed by atoms with Crippen molar-refractivity contribution in [3.8, 4) is 0 Å². The summed E-state index contributed by atoms with van der Waals surface area (Å²) < 4.78 is 0. The van der Waals surface area contributed by atoms with Gasteiger partial charge in [0.2, 0.25) is 5.91 Å². The first-order valence-corrected chi connectivity index (χ1v) is 7.52. The number of carboxylic acids is 1. The molecule has 19 heavy (non-hydrogen) atoms. The summed E-state index contributed by atoms with van der Waals surface area (Å²) in [6, 6.07) is 0.242. The van der Waals surface area contributed by atoms with Crippen LogP contribution in [0.15, 0.2) is 0 Å². The molecule has 0 heterocycles. The predicted octanol–water partition coefficient (Wildman–Crippen LogP) is 2.43. The van der Waals surface area contributed by atoms with E-state index >= 15 is 0 Å². The van der Waals surface area contributed by atoms with Gasteiger partial charge in [-0.1, -0.05) is 26.7 Å². The summed E-state index contributed by atoms with van der Waals surface area (Å²) in [5, 5.41) is 12.3. The monoisotopic (exact) mass is 267 g/mol. The number of carbonyl (C=O) groups excluding carboxylic acids is 1. The Morgan fingerprint density at radius 2 is 1.68 bits per heavy atom. The number of carbonyl (C=O) groups is 2. The van der Waals surface area contributed by atoms with Crippen molar-refractivity contribution in [1.29, 1.82) is 0 Å². The van der Waals surface area contributed by atoms with Crippen LogP contribution < -0.4 is 5.32 Å². The lowest BCUT2D eigenvalue weighted by atomic mass is 9.85. The average molecular weight is 267 g/mol. The molecule has 2 fully saturated rings. The minimum absolute atomic E-state index is 0.0319. The quantitative estimate of drug-likeness (QED) is 0.825. The van der Waals surface area contributed by atoms with Gasteiger partial charge in [-0.15, -0.1) is 0 Å². The molecule has 0 aromatic rings. The van der Waals surface area contributed by atoms with Crippen molar-refractivity contribution in [2.24, 2.45) is 23.7 Å². The molecule has 0 aromatic carbocycles. The fraction of sp³-hybridized carbons (Fsp3) is 0.867. The standard InChI is InChI=1S/C15H25NO3/c1-9-7-11(12(8-9)15(18)19)14(17)16-13-6-4-3-5-10(13)2/h9-13H,3-8H2,1-2H3,(H,16,17)(H,18,19). The highest BCUT2D eigenvalue weighted by Crippen LogP contribution is 2.37. The Bertz CT molecular complexity index is 355. The van der Waals surface area contributed by atoms with E-state index in [4.69, 9.17) is 0 Å². The number of rotatable bonds is 3. The second-order valence-electron chi connectivity index (χ2n) is 6.50. The number of amides is 1. The lowest BCUT2D eigenvalue weighted by Gasteiger charge is -2.31. The second-order valence-corrected chi connectivity index (χ2v) is 6.50. The Kier molecular flexibility index (Phi) is 4.48. The Hall–Kier alpha value is -1.06. The van der Waals surface area contributed by atoms with Gasteiger partial charge in [0, 0.05) is 6.04 Å². The van der Waals surface area contributed by atoms with Crippen LogP contribution in [0.4, 0.5) is 0 Å². The van der Waals surface area contributed by atoms with Crippen LogP contribution in [0, 0.1) is 23.7 Å². The highest BCUT2D eigenvalue weighted by molar-refractivity contribution is 5.85. The van der Waals surface area contributed by atoms with E-state index in [1.165, 1.54) is 12.8 Å². The first-order valence-electron chi connectivity index (χ1n) is 7.52. The number of hydrogen-bond acceptors (Lipinski definition) is 2. The summed E-state index contributed by atoms with van der Waals surface area (Å²) in [4.78, 5) is 23.6. The summed E-state index contributed by atoms with van der Waals surface area (Å²) >= 11 is 0. The highest BCUT2D eigenvalue weighted by Gasteiger charge is 2.41. The lowest BCUT2D eigenvalue weighted by molar-refractivity contribution is -0.146. The predicted molar refractivity (Wildman–Crippen MR) is 72.6 cm³/mol. The van der Waals surface area contributed by atoms with E-state index in [1.807, 2.05) is 6.92 Å². The molecule has 2 aliphatic carbocycles. The molecular formula is C15H25NO3. The van der Waals surface area contributed by atoms with Gasteiger partial charge in [-0.3, -0.25) is 9.59 Å². The number of aliphatic carboxylic acids is 1. The van der Waals surface area contributed by atoms with Gasteiger partial charge in [0.1, 0.15) is 0 Å². The molecule has 2 saturated carbocycles. The van der Waals surface area contributed by atoms with E-state index in [0.29, 0.717) is 24.7 Å². The molecular weight excluding hydrogens is 242 g/mol. The molecule has 2 rings (SSSR count).